The zero-order valence-electron chi connectivity index (χ0n) is 19.6. The van der Waals surface area contributed by atoms with Crippen LogP contribution in [-0.4, -0.2) is 116 Å². The maximum atomic E-state index is 5.97. The molecule has 0 N–H and O–H groups in total. The van der Waals surface area contributed by atoms with Crippen molar-refractivity contribution >= 4 is 17.8 Å². The van der Waals surface area contributed by atoms with Crippen LogP contribution in [0.2, 0.25) is 25.2 Å². The highest BCUT2D eigenvalue weighted by atomic mass is 28.4. The SMILES string of the molecule is CCO[Si](C)(C)CCCCCC[SiH2]C(N1CCN(C)CC1)N1CCN(C)CC1. The summed E-state index contributed by atoms with van der Waals surface area (Å²) in [6.45, 7) is 17.9. The highest BCUT2D eigenvalue weighted by Gasteiger charge is 2.29. The second kappa shape index (κ2) is 12.8. The monoisotopic (exact) mass is 428 g/mol. The Hall–Kier alpha value is 0.234. The van der Waals surface area contributed by atoms with Crippen LogP contribution in [0.25, 0.3) is 0 Å². The van der Waals surface area contributed by atoms with Crippen molar-refractivity contribution in [3.05, 3.63) is 0 Å². The van der Waals surface area contributed by atoms with E-state index in [2.05, 4.69) is 53.7 Å². The lowest BCUT2D eigenvalue weighted by Gasteiger charge is -2.46. The third-order valence-corrected chi connectivity index (χ3v) is 11.8. The number of nitrogens with zero attached hydrogens (tertiary/aromatic N) is 4. The van der Waals surface area contributed by atoms with Gasteiger partial charge in [-0.1, -0.05) is 31.7 Å². The van der Waals surface area contributed by atoms with Gasteiger partial charge in [0.05, 0.1) is 9.52 Å². The molecule has 2 aliphatic rings. The molecule has 2 saturated heterocycles. The van der Waals surface area contributed by atoms with Crippen LogP contribution >= 0.6 is 0 Å². The molecule has 2 heterocycles. The average molecular weight is 429 g/mol. The number of rotatable bonds is 12. The van der Waals surface area contributed by atoms with Gasteiger partial charge in [-0.05, 0) is 40.2 Å². The van der Waals surface area contributed by atoms with Crippen molar-refractivity contribution in [2.45, 2.75) is 63.6 Å². The second-order valence-corrected chi connectivity index (χ2v) is 16.0. The van der Waals surface area contributed by atoms with E-state index in [1.54, 1.807) is 0 Å². The molecular formula is C21H48N4OSi2. The van der Waals surface area contributed by atoms with E-state index in [-0.39, 0.29) is 9.52 Å². The lowest BCUT2D eigenvalue weighted by molar-refractivity contribution is 0.0311. The quantitative estimate of drug-likeness (QED) is 0.350. The van der Waals surface area contributed by atoms with Crippen LogP contribution in [0.15, 0.2) is 0 Å². The zero-order chi connectivity index (χ0) is 20.4. The van der Waals surface area contributed by atoms with Gasteiger partial charge in [-0.15, -0.1) is 0 Å². The van der Waals surface area contributed by atoms with Gasteiger partial charge in [-0.2, -0.15) is 0 Å². The number of unbranched alkanes of at least 4 members (excludes halogenated alkanes) is 3. The highest BCUT2D eigenvalue weighted by Crippen LogP contribution is 2.18. The van der Waals surface area contributed by atoms with E-state index in [9.17, 15) is 0 Å². The minimum absolute atomic E-state index is 0.0692. The summed E-state index contributed by atoms with van der Waals surface area (Å²) >= 11 is 0. The number of hydrogen-bond donors (Lipinski definition) is 0. The Bertz CT molecular complexity index is 389. The van der Waals surface area contributed by atoms with E-state index >= 15 is 0 Å². The van der Waals surface area contributed by atoms with Crippen molar-refractivity contribution in [1.29, 1.82) is 0 Å². The topological polar surface area (TPSA) is 22.2 Å². The van der Waals surface area contributed by atoms with Gasteiger partial charge < -0.3 is 14.2 Å². The van der Waals surface area contributed by atoms with Gasteiger partial charge in [-0.3, -0.25) is 9.80 Å². The van der Waals surface area contributed by atoms with Crippen LogP contribution in [-0.2, 0) is 4.43 Å². The molecule has 0 unspecified atom stereocenters. The largest absolute Gasteiger partial charge is 0.418 e. The van der Waals surface area contributed by atoms with Gasteiger partial charge in [0.2, 0.25) is 0 Å². The third-order valence-electron chi connectivity index (χ3n) is 6.69. The Morgan fingerprint density at radius 1 is 0.786 bits per heavy atom. The fraction of sp³-hybridized carbons (Fsp3) is 1.00. The molecule has 0 aromatic rings. The molecule has 28 heavy (non-hydrogen) atoms. The molecule has 0 saturated carbocycles. The molecule has 2 aliphatic heterocycles. The van der Waals surface area contributed by atoms with Crippen LogP contribution in [0.4, 0.5) is 0 Å². The van der Waals surface area contributed by atoms with Crippen LogP contribution in [0.5, 0.6) is 0 Å². The summed E-state index contributed by atoms with van der Waals surface area (Å²) in [5.41, 5.74) is 0. The minimum atomic E-state index is -1.36. The first-order chi connectivity index (χ1) is 13.4. The molecule has 7 heteroatoms. The normalized spacial score (nSPS) is 22.1. The zero-order valence-corrected chi connectivity index (χ0v) is 22.0. The minimum Gasteiger partial charge on any atom is -0.418 e. The fourth-order valence-corrected chi connectivity index (χ4v) is 9.20. The Morgan fingerprint density at radius 2 is 1.29 bits per heavy atom. The van der Waals surface area contributed by atoms with Crippen LogP contribution in [0.1, 0.15) is 32.6 Å². The first-order valence-electron chi connectivity index (χ1n) is 11.9. The Morgan fingerprint density at radius 3 is 1.79 bits per heavy atom. The maximum absolute atomic E-state index is 5.97. The van der Waals surface area contributed by atoms with Gasteiger partial charge in [0, 0.05) is 64.8 Å². The summed E-state index contributed by atoms with van der Waals surface area (Å²) in [6, 6.07) is 2.86. The van der Waals surface area contributed by atoms with Gasteiger partial charge in [0.1, 0.15) is 0 Å². The summed E-state index contributed by atoms with van der Waals surface area (Å²) in [6.07, 6.45) is 5.68. The molecule has 5 nitrogen and oxygen atoms in total. The van der Waals surface area contributed by atoms with Crippen molar-refractivity contribution < 1.29 is 4.43 Å². The molecule has 0 spiro atoms. The first kappa shape index (κ1) is 24.5. The molecule has 0 aromatic carbocycles. The number of likely N-dealkylation sites (N-methyl/N-ethyl adjacent to an activating group) is 2. The average Bonchev–Trinajstić information content (AvgIpc) is 2.66. The third kappa shape index (κ3) is 8.94. The second-order valence-electron chi connectivity index (χ2n) is 9.66. The first-order valence-corrected chi connectivity index (χ1v) is 16.8. The molecule has 0 aliphatic carbocycles. The predicted molar refractivity (Wildman–Crippen MR) is 128 cm³/mol. The molecule has 166 valence electrons. The smallest absolute Gasteiger partial charge is 0.186 e. The maximum Gasteiger partial charge on any atom is 0.186 e. The van der Waals surface area contributed by atoms with Crippen molar-refractivity contribution in [3.63, 3.8) is 0 Å². The highest BCUT2D eigenvalue weighted by molar-refractivity contribution is 6.71. The van der Waals surface area contributed by atoms with Crippen LogP contribution in [0, 0.1) is 0 Å². The van der Waals surface area contributed by atoms with Crippen molar-refractivity contribution in [3.8, 4) is 0 Å². The van der Waals surface area contributed by atoms with E-state index in [1.165, 1.54) is 90.1 Å². The summed E-state index contributed by atoms with van der Waals surface area (Å²) in [5, 5.41) is 0. The molecule has 0 amide bonds. The Kier molecular flexibility index (Phi) is 11.2. The van der Waals surface area contributed by atoms with E-state index in [0.717, 1.165) is 12.4 Å². The lowest BCUT2D eigenvalue weighted by Crippen LogP contribution is -2.61. The Labute approximate surface area is 178 Å². The number of hydrogen-bond acceptors (Lipinski definition) is 5. The summed E-state index contributed by atoms with van der Waals surface area (Å²) in [4.78, 5) is 10.7. The van der Waals surface area contributed by atoms with E-state index in [0.29, 0.717) is 0 Å². The molecule has 0 radical (unpaired) electrons. The van der Waals surface area contributed by atoms with E-state index < -0.39 is 8.32 Å². The molecule has 0 atom stereocenters. The standard InChI is InChI=1S/C21H48N4OSi2/c1-6-26-28(4,5)20-10-8-7-9-19-27-21(24-15-11-22(2)12-16-24)25-17-13-23(3)14-18-25/h21H,6-20,27H2,1-5H3. The van der Waals surface area contributed by atoms with Crippen LogP contribution < -0.4 is 0 Å². The molecule has 0 aromatic heterocycles. The number of piperazine rings is 2. The van der Waals surface area contributed by atoms with Crippen molar-refractivity contribution in [2.24, 2.45) is 0 Å². The van der Waals surface area contributed by atoms with Crippen molar-refractivity contribution in [2.75, 3.05) is 73.1 Å². The summed E-state index contributed by atoms with van der Waals surface area (Å²) < 4.78 is 5.97. The predicted octanol–water partition coefficient (Wildman–Crippen LogP) is 2.15. The van der Waals surface area contributed by atoms with Crippen molar-refractivity contribution in [1.82, 2.24) is 19.6 Å². The van der Waals surface area contributed by atoms with Gasteiger partial charge >= 0.3 is 0 Å². The van der Waals surface area contributed by atoms with E-state index in [1.807, 2.05) is 0 Å². The molecule has 2 fully saturated rings. The molecule has 0 bridgehead atoms. The van der Waals surface area contributed by atoms with Gasteiger partial charge in [-0.25, -0.2) is 0 Å². The van der Waals surface area contributed by atoms with Gasteiger partial charge in [0.25, 0.3) is 0 Å². The molecule has 2 rings (SSSR count). The molecular weight excluding hydrogens is 380 g/mol. The summed E-state index contributed by atoms with van der Waals surface area (Å²) in [7, 11) is 3.12. The van der Waals surface area contributed by atoms with Gasteiger partial charge in [0.15, 0.2) is 8.32 Å². The Balaban J connectivity index is 1.68. The van der Waals surface area contributed by atoms with E-state index in [4.69, 9.17) is 4.43 Å². The summed E-state index contributed by atoms with van der Waals surface area (Å²) in [5.74, 6) is 0.812. The fourth-order valence-electron chi connectivity index (χ4n) is 4.71. The lowest BCUT2D eigenvalue weighted by atomic mass is 10.2. The van der Waals surface area contributed by atoms with Crippen LogP contribution in [0.3, 0.4) is 0 Å².